The number of unbranched alkanes of at least 4 members (excludes halogenated alkanes) is 1. The highest BCUT2D eigenvalue weighted by Crippen LogP contribution is 2.35. The Hall–Kier alpha value is -4.08. The van der Waals surface area contributed by atoms with E-state index in [-0.39, 0.29) is 5.69 Å². The molecule has 0 radical (unpaired) electrons. The number of aromatic amines is 1. The van der Waals surface area contributed by atoms with Crippen molar-refractivity contribution < 1.29 is 0 Å². The molecular formula is C27H33N9O. The Balaban J connectivity index is 1.59. The molecule has 10 heteroatoms. The first kappa shape index (κ1) is 24.6. The van der Waals surface area contributed by atoms with E-state index in [1.807, 2.05) is 41.5 Å². The van der Waals surface area contributed by atoms with E-state index in [2.05, 4.69) is 74.1 Å². The largest absolute Gasteiger partial charge is 0.335 e. The van der Waals surface area contributed by atoms with Gasteiger partial charge in [-0.25, -0.2) is 19.4 Å². The first-order valence-corrected chi connectivity index (χ1v) is 12.9. The second-order valence-corrected chi connectivity index (χ2v) is 10.1. The summed E-state index contributed by atoms with van der Waals surface area (Å²) in [6.07, 6.45) is 15.1. The van der Waals surface area contributed by atoms with E-state index in [1.165, 1.54) is 0 Å². The van der Waals surface area contributed by atoms with Crippen LogP contribution in [0.4, 0.5) is 0 Å². The Morgan fingerprint density at radius 2 is 2.14 bits per heavy atom. The number of aryl methyl sites for hydroxylation is 1. The highest BCUT2D eigenvalue weighted by atomic mass is 16.1. The van der Waals surface area contributed by atoms with Crippen molar-refractivity contribution in [2.45, 2.75) is 65.0 Å². The SMILES string of the molecule is CCCCc1cn(-c2nccn2CC(C)C)c(=O)n1CC1(c2cccc(-c3nnn[nH]3)c2)C=CN=CC1. The molecule has 192 valence electrons. The molecule has 3 aromatic heterocycles. The Kier molecular flexibility index (Phi) is 6.98. The Labute approximate surface area is 215 Å². The highest BCUT2D eigenvalue weighted by molar-refractivity contribution is 5.65. The molecule has 0 saturated carbocycles. The number of rotatable bonds is 10. The highest BCUT2D eigenvalue weighted by Gasteiger charge is 2.33. The van der Waals surface area contributed by atoms with Crippen LogP contribution < -0.4 is 5.69 Å². The summed E-state index contributed by atoms with van der Waals surface area (Å²) in [5.41, 5.74) is 2.45. The summed E-state index contributed by atoms with van der Waals surface area (Å²) in [7, 11) is 0. The lowest BCUT2D eigenvalue weighted by Gasteiger charge is -2.32. The fraction of sp³-hybridized carbons (Fsp3) is 0.407. The minimum absolute atomic E-state index is 0.0758. The zero-order chi connectivity index (χ0) is 25.8. The fourth-order valence-electron chi connectivity index (χ4n) is 4.95. The Morgan fingerprint density at radius 3 is 2.86 bits per heavy atom. The van der Waals surface area contributed by atoms with Crippen molar-refractivity contribution in [3.63, 3.8) is 0 Å². The van der Waals surface area contributed by atoms with Gasteiger partial charge in [0.05, 0.1) is 0 Å². The predicted octanol–water partition coefficient (Wildman–Crippen LogP) is 3.94. The van der Waals surface area contributed by atoms with E-state index in [9.17, 15) is 4.79 Å². The predicted molar refractivity (Wildman–Crippen MR) is 143 cm³/mol. The van der Waals surface area contributed by atoms with Gasteiger partial charge < -0.3 is 4.57 Å². The molecule has 37 heavy (non-hydrogen) atoms. The van der Waals surface area contributed by atoms with Crippen LogP contribution in [0.15, 0.2) is 64.9 Å². The van der Waals surface area contributed by atoms with Crippen molar-refractivity contribution in [1.29, 1.82) is 0 Å². The molecule has 1 aliphatic rings. The molecule has 0 saturated heterocycles. The van der Waals surface area contributed by atoms with Crippen LogP contribution in [0.2, 0.25) is 0 Å². The lowest BCUT2D eigenvalue weighted by Crippen LogP contribution is -2.37. The van der Waals surface area contributed by atoms with Crippen molar-refractivity contribution in [3.8, 4) is 17.3 Å². The Morgan fingerprint density at radius 1 is 1.24 bits per heavy atom. The number of nitrogens with zero attached hydrogens (tertiary/aromatic N) is 8. The molecule has 0 amide bonds. The van der Waals surface area contributed by atoms with E-state index in [0.29, 0.717) is 30.7 Å². The number of aromatic nitrogens is 8. The van der Waals surface area contributed by atoms with Crippen LogP contribution in [0.5, 0.6) is 0 Å². The molecule has 0 aliphatic carbocycles. The first-order valence-electron chi connectivity index (χ1n) is 12.9. The summed E-state index contributed by atoms with van der Waals surface area (Å²) < 4.78 is 5.69. The van der Waals surface area contributed by atoms with Crippen LogP contribution in [0.1, 0.15) is 51.3 Å². The maximum Gasteiger partial charge on any atom is 0.335 e. The molecule has 0 fully saturated rings. The zero-order valence-corrected chi connectivity index (χ0v) is 21.6. The number of imidazole rings is 2. The van der Waals surface area contributed by atoms with Gasteiger partial charge >= 0.3 is 5.69 Å². The van der Waals surface area contributed by atoms with Crippen LogP contribution in [0.25, 0.3) is 17.3 Å². The first-order chi connectivity index (χ1) is 18.0. The van der Waals surface area contributed by atoms with Gasteiger partial charge in [0.15, 0.2) is 5.82 Å². The third kappa shape index (κ3) is 4.96. The number of aliphatic imine (C=N–C) groups is 1. The van der Waals surface area contributed by atoms with Crippen LogP contribution >= 0.6 is 0 Å². The number of allylic oxidation sites excluding steroid dienone is 1. The van der Waals surface area contributed by atoms with Gasteiger partial charge in [-0.2, -0.15) is 0 Å². The quantitative estimate of drug-likeness (QED) is 0.355. The number of hydrogen-bond acceptors (Lipinski definition) is 6. The number of nitrogens with one attached hydrogen (secondary N) is 1. The smallest absolute Gasteiger partial charge is 0.316 e. The van der Waals surface area contributed by atoms with Gasteiger partial charge in [0, 0.05) is 60.8 Å². The van der Waals surface area contributed by atoms with Crippen LogP contribution in [0, 0.1) is 5.92 Å². The van der Waals surface area contributed by atoms with Gasteiger partial charge in [0.2, 0.25) is 5.95 Å². The van der Waals surface area contributed by atoms with Crippen LogP contribution in [-0.2, 0) is 24.9 Å². The van der Waals surface area contributed by atoms with E-state index in [0.717, 1.165) is 42.6 Å². The van der Waals surface area contributed by atoms with Crippen LogP contribution in [-0.4, -0.2) is 45.5 Å². The van der Waals surface area contributed by atoms with E-state index >= 15 is 0 Å². The lowest BCUT2D eigenvalue weighted by atomic mass is 9.76. The molecular weight excluding hydrogens is 466 g/mol. The van der Waals surface area contributed by atoms with E-state index in [4.69, 9.17) is 0 Å². The molecule has 1 unspecified atom stereocenters. The van der Waals surface area contributed by atoms with Crippen molar-refractivity contribution in [1.82, 2.24) is 39.3 Å². The lowest BCUT2D eigenvalue weighted by molar-refractivity contribution is 0.437. The molecule has 0 bridgehead atoms. The molecule has 10 nitrogen and oxygen atoms in total. The maximum absolute atomic E-state index is 14.0. The molecule has 0 spiro atoms. The number of tetrazole rings is 1. The number of H-pyrrole nitrogens is 1. The molecule has 4 heterocycles. The second kappa shape index (κ2) is 10.5. The summed E-state index contributed by atoms with van der Waals surface area (Å²) >= 11 is 0. The average molecular weight is 500 g/mol. The molecule has 1 atom stereocenters. The maximum atomic E-state index is 14.0. The normalized spacial score (nSPS) is 17.2. The van der Waals surface area contributed by atoms with E-state index < -0.39 is 5.41 Å². The minimum atomic E-state index is -0.449. The van der Waals surface area contributed by atoms with Gasteiger partial charge in [-0.3, -0.25) is 9.56 Å². The fourth-order valence-corrected chi connectivity index (χ4v) is 4.95. The topological polar surface area (TPSA) is 112 Å². The number of benzene rings is 1. The minimum Gasteiger partial charge on any atom is -0.316 e. The summed E-state index contributed by atoms with van der Waals surface area (Å²) in [6, 6.07) is 8.17. The van der Waals surface area contributed by atoms with E-state index in [1.54, 1.807) is 10.8 Å². The third-order valence-corrected chi connectivity index (χ3v) is 6.86. The van der Waals surface area contributed by atoms with Crippen LogP contribution in [0.3, 0.4) is 0 Å². The zero-order valence-electron chi connectivity index (χ0n) is 21.6. The summed E-state index contributed by atoms with van der Waals surface area (Å²) in [6.45, 7) is 7.77. The summed E-state index contributed by atoms with van der Waals surface area (Å²) in [5, 5.41) is 14.3. The van der Waals surface area contributed by atoms with Gasteiger partial charge in [-0.1, -0.05) is 51.5 Å². The van der Waals surface area contributed by atoms with Crippen molar-refractivity contribution in [3.05, 3.63) is 76.9 Å². The second-order valence-electron chi connectivity index (χ2n) is 10.1. The molecule has 1 N–H and O–H groups in total. The third-order valence-electron chi connectivity index (χ3n) is 6.86. The Bertz CT molecular complexity index is 1460. The molecule has 4 aromatic rings. The molecule has 5 rings (SSSR count). The van der Waals surface area contributed by atoms with Crippen molar-refractivity contribution >= 4 is 6.21 Å². The molecule has 1 aromatic carbocycles. The summed E-state index contributed by atoms with van der Waals surface area (Å²) in [5.74, 6) is 1.70. The van der Waals surface area contributed by atoms with Crippen molar-refractivity contribution in [2.24, 2.45) is 10.9 Å². The van der Waals surface area contributed by atoms with Gasteiger partial charge in [0.1, 0.15) is 0 Å². The molecule has 1 aliphatic heterocycles. The monoisotopic (exact) mass is 499 g/mol. The standard InChI is InChI=1S/C27H33N9O/c1-4-5-9-23-18-35(25-29-14-15-34(25)17-20(2)3)26(37)36(23)19-27(10-12-28-13-11-27)22-8-6-7-21(16-22)24-30-32-33-31-24/h6-8,10,12-16,18,20H,4-5,9,11,17,19H2,1-3H3,(H,30,31,32,33). The van der Waals surface area contributed by atoms with Gasteiger partial charge in [-0.15, -0.1) is 5.10 Å². The van der Waals surface area contributed by atoms with Gasteiger partial charge in [0.25, 0.3) is 0 Å². The van der Waals surface area contributed by atoms with Gasteiger partial charge in [-0.05, 0) is 47.2 Å². The average Bonchev–Trinajstić information content (AvgIpc) is 3.66. The van der Waals surface area contributed by atoms with Crippen molar-refractivity contribution in [2.75, 3.05) is 0 Å². The summed E-state index contributed by atoms with van der Waals surface area (Å²) in [4.78, 5) is 22.9. The number of hydrogen-bond donors (Lipinski definition) is 1.